The van der Waals surface area contributed by atoms with Crippen LogP contribution in [0.4, 0.5) is 0 Å². The van der Waals surface area contributed by atoms with Crippen molar-refractivity contribution < 1.29 is 0 Å². The third kappa shape index (κ3) is 7.65. The number of rotatable bonds is 6. The van der Waals surface area contributed by atoms with Gasteiger partial charge in [-0.2, -0.15) is 11.8 Å². The first-order chi connectivity index (χ1) is 4.91. The van der Waals surface area contributed by atoms with E-state index in [1.54, 1.807) is 0 Å². The van der Waals surface area contributed by atoms with E-state index >= 15 is 0 Å². The van der Waals surface area contributed by atoms with E-state index in [4.69, 9.17) is 6.42 Å². The van der Waals surface area contributed by atoms with Crippen LogP contribution in [0.15, 0.2) is 12.7 Å². The first-order valence-corrected chi connectivity index (χ1v) is 4.69. The molecule has 0 radical (unpaired) electrons. The summed E-state index contributed by atoms with van der Waals surface area (Å²) in [6, 6.07) is 0. The molecule has 0 aliphatic rings. The molecule has 0 unspecified atom stereocenters. The Bertz CT molecular complexity index is 110. The van der Waals surface area contributed by atoms with Crippen molar-refractivity contribution in [1.82, 2.24) is 0 Å². The molecule has 0 rings (SSSR count). The Morgan fingerprint density at radius 2 is 2.30 bits per heavy atom. The molecule has 0 aromatic carbocycles. The zero-order valence-electron chi connectivity index (χ0n) is 6.31. The maximum atomic E-state index is 5.09. The predicted octanol–water partition coefficient (Wildman–Crippen LogP) is 2.71. The average Bonchev–Trinajstić information content (AvgIpc) is 1.97. The molecular formula is C9H14S. The number of allylic oxidation sites excluding steroid dienone is 1. The van der Waals surface area contributed by atoms with E-state index in [-0.39, 0.29) is 0 Å². The first-order valence-electron chi connectivity index (χ1n) is 3.54. The van der Waals surface area contributed by atoms with Crippen LogP contribution in [0.2, 0.25) is 0 Å². The van der Waals surface area contributed by atoms with Gasteiger partial charge in [0.1, 0.15) is 0 Å². The molecule has 0 nitrogen and oxygen atoms in total. The minimum atomic E-state index is 0.902. The summed E-state index contributed by atoms with van der Waals surface area (Å²) in [4.78, 5) is 0. The number of unbranched alkanes of at least 4 members (excludes halogenated alkanes) is 1. The molecule has 0 N–H and O–H groups in total. The van der Waals surface area contributed by atoms with Gasteiger partial charge in [-0.25, -0.2) is 0 Å². The van der Waals surface area contributed by atoms with Crippen molar-refractivity contribution in [2.24, 2.45) is 0 Å². The quantitative estimate of drug-likeness (QED) is 0.322. The van der Waals surface area contributed by atoms with Crippen molar-refractivity contribution in [3.63, 3.8) is 0 Å². The molecule has 0 atom stereocenters. The Balaban J connectivity index is 2.78. The van der Waals surface area contributed by atoms with Gasteiger partial charge in [-0.05, 0) is 18.6 Å². The van der Waals surface area contributed by atoms with Gasteiger partial charge < -0.3 is 0 Å². The zero-order valence-corrected chi connectivity index (χ0v) is 7.12. The standard InChI is InChI=1S/C9H14S/c1-3-5-7-9-10-8-6-4-2/h2-3H,1,5-9H2. The van der Waals surface area contributed by atoms with Gasteiger partial charge in [0.25, 0.3) is 0 Å². The minimum Gasteiger partial charge on any atom is -0.161 e. The van der Waals surface area contributed by atoms with Crippen LogP contribution in [0.5, 0.6) is 0 Å². The minimum absolute atomic E-state index is 0.902. The van der Waals surface area contributed by atoms with E-state index in [0.29, 0.717) is 0 Å². The second-order valence-electron chi connectivity index (χ2n) is 2.00. The summed E-state index contributed by atoms with van der Waals surface area (Å²) in [5.74, 6) is 4.94. The highest BCUT2D eigenvalue weighted by atomic mass is 32.2. The van der Waals surface area contributed by atoms with Crippen molar-refractivity contribution in [1.29, 1.82) is 0 Å². The molecular weight excluding hydrogens is 140 g/mol. The summed E-state index contributed by atoms with van der Waals surface area (Å²) >= 11 is 1.93. The highest BCUT2D eigenvalue weighted by Gasteiger charge is 1.85. The Labute approximate surface area is 68.1 Å². The lowest BCUT2D eigenvalue weighted by Gasteiger charge is -1.94. The van der Waals surface area contributed by atoms with Gasteiger partial charge in [-0.1, -0.05) is 6.08 Å². The fourth-order valence-corrected chi connectivity index (χ4v) is 1.40. The van der Waals surface area contributed by atoms with E-state index in [2.05, 4.69) is 12.5 Å². The predicted molar refractivity (Wildman–Crippen MR) is 50.2 cm³/mol. The lowest BCUT2D eigenvalue weighted by molar-refractivity contribution is 0.973. The van der Waals surface area contributed by atoms with Crippen LogP contribution in [-0.2, 0) is 0 Å². The monoisotopic (exact) mass is 154 g/mol. The third-order valence-electron chi connectivity index (χ3n) is 1.09. The maximum Gasteiger partial charge on any atom is 0.0177 e. The summed E-state index contributed by atoms with van der Waals surface area (Å²) in [5, 5.41) is 0. The average molecular weight is 154 g/mol. The highest BCUT2D eigenvalue weighted by Crippen LogP contribution is 2.05. The van der Waals surface area contributed by atoms with E-state index < -0.39 is 0 Å². The van der Waals surface area contributed by atoms with Crippen molar-refractivity contribution in [2.75, 3.05) is 11.5 Å². The molecule has 0 saturated carbocycles. The Kier molecular flexibility index (Phi) is 8.35. The van der Waals surface area contributed by atoms with Gasteiger partial charge in [0.05, 0.1) is 0 Å². The van der Waals surface area contributed by atoms with Crippen molar-refractivity contribution >= 4 is 11.8 Å². The van der Waals surface area contributed by atoms with Crippen molar-refractivity contribution in [2.45, 2.75) is 19.3 Å². The molecule has 0 fully saturated rings. The van der Waals surface area contributed by atoms with Gasteiger partial charge >= 0.3 is 0 Å². The molecule has 0 aliphatic heterocycles. The summed E-state index contributed by atoms with van der Waals surface area (Å²) in [7, 11) is 0. The second kappa shape index (κ2) is 8.65. The number of hydrogen-bond donors (Lipinski definition) is 0. The first kappa shape index (κ1) is 9.65. The van der Waals surface area contributed by atoms with E-state index in [0.717, 1.165) is 18.6 Å². The van der Waals surface area contributed by atoms with Gasteiger partial charge in [0.2, 0.25) is 0 Å². The van der Waals surface area contributed by atoms with Crippen LogP contribution < -0.4 is 0 Å². The highest BCUT2D eigenvalue weighted by molar-refractivity contribution is 7.99. The van der Waals surface area contributed by atoms with Crippen LogP contribution in [0.3, 0.4) is 0 Å². The van der Waals surface area contributed by atoms with Crippen LogP contribution in [-0.4, -0.2) is 11.5 Å². The Morgan fingerprint density at radius 3 is 2.90 bits per heavy atom. The SMILES string of the molecule is C#CCCSCCCC=C. The van der Waals surface area contributed by atoms with Crippen LogP contribution >= 0.6 is 11.8 Å². The lowest BCUT2D eigenvalue weighted by atomic mass is 10.3. The molecule has 0 amide bonds. The van der Waals surface area contributed by atoms with Gasteiger partial charge in [0, 0.05) is 12.2 Å². The molecule has 56 valence electrons. The van der Waals surface area contributed by atoms with E-state index in [1.165, 1.54) is 12.2 Å². The third-order valence-corrected chi connectivity index (χ3v) is 2.16. The summed E-state index contributed by atoms with van der Waals surface area (Å²) < 4.78 is 0. The molecule has 0 bridgehead atoms. The normalized spacial score (nSPS) is 8.70. The fourth-order valence-electron chi connectivity index (χ4n) is 0.563. The van der Waals surface area contributed by atoms with E-state index in [1.807, 2.05) is 17.8 Å². The molecule has 0 aromatic heterocycles. The van der Waals surface area contributed by atoms with Crippen LogP contribution in [0.1, 0.15) is 19.3 Å². The van der Waals surface area contributed by atoms with E-state index in [9.17, 15) is 0 Å². The molecule has 0 aliphatic carbocycles. The Morgan fingerprint density at radius 1 is 1.50 bits per heavy atom. The van der Waals surface area contributed by atoms with Gasteiger partial charge in [-0.15, -0.1) is 18.9 Å². The molecule has 0 saturated heterocycles. The molecule has 0 aromatic rings. The fraction of sp³-hybridized carbons (Fsp3) is 0.556. The summed E-state index contributed by atoms with van der Waals surface area (Å²) in [6.45, 7) is 3.65. The van der Waals surface area contributed by atoms with Gasteiger partial charge in [-0.3, -0.25) is 0 Å². The topological polar surface area (TPSA) is 0 Å². The molecule has 0 spiro atoms. The number of hydrogen-bond acceptors (Lipinski definition) is 1. The Hall–Kier alpha value is -0.350. The zero-order chi connectivity index (χ0) is 7.66. The summed E-state index contributed by atoms with van der Waals surface area (Å²) in [6.07, 6.45) is 10.3. The number of thioether (sulfide) groups is 1. The molecule has 0 heterocycles. The largest absolute Gasteiger partial charge is 0.161 e. The smallest absolute Gasteiger partial charge is 0.0177 e. The number of terminal acetylenes is 1. The van der Waals surface area contributed by atoms with Crippen molar-refractivity contribution in [3.8, 4) is 12.3 Å². The van der Waals surface area contributed by atoms with Crippen LogP contribution in [0.25, 0.3) is 0 Å². The van der Waals surface area contributed by atoms with Gasteiger partial charge in [0.15, 0.2) is 0 Å². The van der Waals surface area contributed by atoms with Crippen molar-refractivity contribution in [3.05, 3.63) is 12.7 Å². The molecule has 1 heteroatoms. The molecule has 10 heavy (non-hydrogen) atoms. The van der Waals surface area contributed by atoms with Crippen LogP contribution in [0, 0.1) is 12.3 Å². The second-order valence-corrected chi connectivity index (χ2v) is 3.22. The lowest BCUT2D eigenvalue weighted by Crippen LogP contribution is -1.80. The summed E-state index contributed by atoms with van der Waals surface area (Å²) in [5.41, 5.74) is 0. The maximum absolute atomic E-state index is 5.09.